The van der Waals surface area contributed by atoms with Gasteiger partial charge >= 0.3 is 0 Å². The zero-order chi connectivity index (χ0) is 11.7. The van der Waals surface area contributed by atoms with Crippen LogP contribution in [-0.4, -0.2) is 9.97 Å². The van der Waals surface area contributed by atoms with Gasteiger partial charge < -0.3 is 0 Å². The van der Waals surface area contributed by atoms with Gasteiger partial charge in [0.15, 0.2) is 0 Å². The molecule has 2 heteroatoms. The molecule has 2 heterocycles. The number of fused-ring (bicyclic) bond motifs is 1. The molecule has 0 N–H and O–H groups in total. The van der Waals surface area contributed by atoms with E-state index in [-0.39, 0.29) is 0 Å². The summed E-state index contributed by atoms with van der Waals surface area (Å²) in [7, 11) is 0. The van der Waals surface area contributed by atoms with Crippen molar-refractivity contribution in [1.82, 2.24) is 9.97 Å². The van der Waals surface area contributed by atoms with Crippen LogP contribution in [0.3, 0.4) is 0 Å². The standard InChI is InChI=1S/C14H18N2/c1-9(2)11-5-13-14(15-7-11)6-12(8-16-13)10(3)4/h5-10H,1-4H3. The quantitative estimate of drug-likeness (QED) is 0.758. The summed E-state index contributed by atoms with van der Waals surface area (Å²) in [6, 6.07) is 4.27. The van der Waals surface area contributed by atoms with Crippen LogP contribution in [0.25, 0.3) is 11.0 Å². The fourth-order valence-corrected chi connectivity index (χ4v) is 1.66. The van der Waals surface area contributed by atoms with Crippen LogP contribution in [0.1, 0.15) is 50.7 Å². The third-order valence-electron chi connectivity index (χ3n) is 2.91. The molecule has 2 rings (SSSR count). The molecule has 0 amide bonds. The molecule has 0 bridgehead atoms. The van der Waals surface area contributed by atoms with Crippen LogP contribution in [0.5, 0.6) is 0 Å². The van der Waals surface area contributed by atoms with Crippen LogP contribution in [0.2, 0.25) is 0 Å². The van der Waals surface area contributed by atoms with Crippen molar-refractivity contribution in [3.63, 3.8) is 0 Å². The summed E-state index contributed by atoms with van der Waals surface area (Å²) in [6.45, 7) is 8.69. The first-order valence-corrected chi connectivity index (χ1v) is 5.83. The zero-order valence-corrected chi connectivity index (χ0v) is 10.4. The molecule has 0 aromatic carbocycles. The minimum absolute atomic E-state index is 0.503. The van der Waals surface area contributed by atoms with E-state index in [1.807, 2.05) is 12.4 Å². The Labute approximate surface area is 96.7 Å². The van der Waals surface area contributed by atoms with Crippen LogP contribution in [0, 0.1) is 0 Å². The van der Waals surface area contributed by atoms with Crippen LogP contribution < -0.4 is 0 Å². The van der Waals surface area contributed by atoms with E-state index in [4.69, 9.17) is 0 Å². The van der Waals surface area contributed by atoms with Crippen LogP contribution in [0.15, 0.2) is 24.5 Å². The second-order valence-electron chi connectivity index (χ2n) is 4.88. The highest BCUT2D eigenvalue weighted by Crippen LogP contribution is 2.21. The number of rotatable bonds is 2. The lowest BCUT2D eigenvalue weighted by atomic mass is 10.0. The van der Waals surface area contributed by atoms with Gasteiger partial charge in [0.2, 0.25) is 0 Å². The number of hydrogen-bond acceptors (Lipinski definition) is 2. The number of pyridine rings is 2. The summed E-state index contributed by atoms with van der Waals surface area (Å²) >= 11 is 0. The van der Waals surface area contributed by atoms with Gasteiger partial charge in [0.1, 0.15) is 0 Å². The van der Waals surface area contributed by atoms with Crippen molar-refractivity contribution < 1.29 is 0 Å². The van der Waals surface area contributed by atoms with Crippen molar-refractivity contribution >= 4 is 11.0 Å². The van der Waals surface area contributed by atoms with Crippen molar-refractivity contribution in [3.05, 3.63) is 35.7 Å². The summed E-state index contributed by atoms with van der Waals surface area (Å²) in [6.07, 6.45) is 3.91. The van der Waals surface area contributed by atoms with E-state index in [1.54, 1.807) is 0 Å². The van der Waals surface area contributed by atoms with Gasteiger partial charge in [0.05, 0.1) is 11.0 Å². The van der Waals surface area contributed by atoms with Gasteiger partial charge in [-0.1, -0.05) is 27.7 Å². The fourth-order valence-electron chi connectivity index (χ4n) is 1.66. The summed E-state index contributed by atoms with van der Waals surface area (Å²) < 4.78 is 0. The molecule has 84 valence electrons. The summed E-state index contributed by atoms with van der Waals surface area (Å²) in [4.78, 5) is 8.97. The number of aromatic nitrogens is 2. The Kier molecular flexibility index (Phi) is 2.90. The van der Waals surface area contributed by atoms with E-state index in [0.717, 1.165) is 11.0 Å². The lowest BCUT2D eigenvalue weighted by Crippen LogP contribution is -1.94. The average molecular weight is 214 g/mol. The average Bonchev–Trinajstić information content (AvgIpc) is 2.27. The third-order valence-corrected chi connectivity index (χ3v) is 2.91. The van der Waals surface area contributed by atoms with E-state index < -0.39 is 0 Å². The summed E-state index contributed by atoms with van der Waals surface area (Å²) in [5, 5.41) is 0. The summed E-state index contributed by atoms with van der Waals surface area (Å²) in [5.41, 5.74) is 4.49. The van der Waals surface area contributed by atoms with Crippen molar-refractivity contribution in [2.45, 2.75) is 39.5 Å². The molecule has 2 aromatic heterocycles. The molecule has 0 aliphatic rings. The van der Waals surface area contributed by atoms with Crippen molar-refractivity contribution in [1.29, 1.82) is 0 Å². The van der Waals surface area contributed by atoms with Gasteiger partial charge in [-0.25, -0.2) is 0 Å². The second-order valence-corrected chi connectivity index (χ2v) is 4.88. The molecule has 0 aliphatic carbocycles. The third kappa shape index (κ3) is 2.06. The molecule has 0 spiro atoms. The Hall–Kier alpha value is -1.44. The van der Waals surface area contributed by atoms with Gasteiger partial charge in [-0.15, -0.1) is 0 Å². The smallest absolute Gasteiger partial charge is 0.0889 e. The monoisotopic (exact) mass is 214 g/mol. The van der Waals surface area contributed by atoms with E-state index in [0.29, 0.717) is 11.8 Å². The largest absolute Gasteiger partial charge is 0.254 e. The molecule has 0 saturated carbocycles. The van der Waals surface area contributed by atoms with Gasteiger partial charge in [-0.2, -0.15) is 0 Å². The molecule has 16 heavy (non-hydrogen) atoms. The maximum Gasteiger partial charge on any atom is 0.0889 e. The van der Waals surface area contributed by atoms with Crippen LogP contribution in [-0.2, 0) is 0 Å². The SMILES string of the molecule is CC(C)c1cnc2cc(C(C)C)cnc2c1. The Balaban J connectivity index is 2.53. The topological polar surface area (TPSA) is 25.8 Å². The number of hydrogen-bond donors (Lipinski definition) is 0. The predicted octanol–water partition coefficient (Wildman–Crippen LogP) is 3.88. The lowest BCUT2D eigenvalue weighted by molar-refractivity contribution is 0.854. The molecular formula is C14H18N2. The minimum atomic E-state index is 0.503. The van der Waals surface area contributed by atoms with Gasteiger partial charge in [-0.3, -0.25) is 9.97 Å². The van der Waals surface area contributed by atoms with Crippen LogP contribution in [0.4, 0.5) is 0 Å². The molecule has 2 aromatic rings. The predicted molar refractivity (Wildman–Crippen MR) is 67.7 cm³/mol. The lowest BCUT2D eigenvalue weighted by Gasteiger charge is -2.08. The van der Waals surface area contributed by atoms with Crippen molar-refractivity contribution in [2.24, 2.45) is 0 Å². The highest BCUT2D eigenvalue weighted by atomic mass is 14.7. The zero-order valence-electron chi connectivity index (χ0n) is 10.4. The van der Waals surface area contributed by atoms with Gasteiger partial charge in [0, 0.05) is 12.4 Å². The van der Waals surface area contributed by atoms with E-state index in [9.17, 15) is 0 Å². The Morgan fingerprint density at radius 3 is 1.44 bits per heavy atom. The van der Waals surface area contributed by atoms with Crippen molar-refractivity contribution in [2.75, 3.05) is 0 Å². The maximum atomic E-state index is 4.48. The van der Waals surface area contributed by atoms with E-state index in [1.165, 1.54) is 11.1 Å². The maximum absolute atomic E-state index is 4.48. The number of nitrogens with zero attached hydrogens (tertiary/aromatic N) is 2. The molecule has 0 atom stereocenters. The van der Waals surface area contributed by atoms with Crippen LogP contribution >= 0.6 is 0 Å². The normalized spacial score (nSPS) is 11.6. The van der Waals surface area contributed by atoms with E-state index >= 15 is 0 Å². The molecule has 0 unspecified atom stereocenters. The summed E-state index contributed by atoms with van der Waals surface area (Å²) in [5.74, 6) is 1.01. The van der Waals surface area contributed by atoms with Gasteiger partial charge in [-0.05, 0) is 35.1 Å². The highest BCUT2D eigenvalue weighted by molar-refractivity contribution is 5.75. The molecule has 0 radical (unpaired) electrons. The molecule has 0 aliphatic heterocycles. The molecular weight excluding hydrogens is 196 g/mol. The highest BCUT2D eigenvalue weighted by Gasteiger charge is 2.05. The fraction of sp³-hybridized carbons (Fsp3) is 0.429. The Morgan fingerprint density at radius 1 is 0.750 bits per heavy atom. The molecule has 0 fully saturated rings. The first kappa shape index (κ1) is 11.1. The van der Waals surface area contributed by atoms with Gasteiger partial charge in [0.25, 0.3) is 0 Å². The first-order chi connectivity index (χ1) is 7.58. The Bertz CT molecular complexity index is 454. The van der Waals surface area contributed by atoms with E-state index in [2.05, 4.69) is 49.8 Å². The Morgan fingerprint density at radius 2 is 1.12 bits per heavy atom. The van der Waals surface area contributed by atoms with Crippen molar-refractivity contribution in [3.8, 4) is 0 Å². The molecule has 2 nitrogen and oxygen atoms in total. The minimum Gasteiger partial charge on any atom is -0.254 e. The second kappa shape index (κ2) is 4.20. The molecule has 0 saturated heterocycles. The first-order valence-electron chi connectivity index (χ1n) is 5.83.